The zero-order valence-corrected chi connectivity index (χ0v) is 13.7. The van der Waals surface area contributed by atoms with Gasteiger partial charge in [0.1, 0.15) is 5.75 Å². The minimum Gasteiger partial charge on any atom is -0.506 e. The maximum Gasteiger partial charge on any atom is 0.255 e. The van der Waals surface area contributed by atoms with Gasteiger partial charge >= 0.3 is 0 Å². The van der Waals surface area contributed by atoms with Gasteiger partial charge < -0.3 is 15.3 Å². The van der Waals surface area contributed by atoms with Crippen LogP contribution in [0, 0.1) is 0 Å². The lowest BCUT2D eigenvalue weighted by Gasteiger charge is -2.32. The van der Waals surface area contributed by atoms with E-state index in [2.05, 4.69) is 5.32 Å². The Kier molecular flexibility index (Phi) is 5.53. The summed E-state index contributed by atoms with van der Waals surface area (Å²) in [5.74, 6) is -0.562. The van der Waals surface area contributed by atoms with Crippen molar-refractivity contribution in [1.29, 1.82) is 0 Å². The number of benzene rings is 1. The topological polar surface area (TPSA) is 69.6 Å². The molecule has 2 N–H and O–H groups in total. The van der Waals surface area contributed by atoms with Crippen molar-refractivity contribution in [3.63, 3.8) is 0 Å². The van der Waals surface area contributed by atoms with Gasteiger partial charge in [0.05, 0.1) is 10.6 Å². The summed E-state index contributed by atoms with van der Waals surface area (Å²) >= 11 is 11.7. The van der Waals surface area contributed by atoms with Crippen LogP contribution in [-0.2, 0) is 4.79 Å². The van der Waals surface area contributed by atoms with Gasteiger partial charge in [0.15, 0.2) is 0 Å². The van der Waals surface area contributed by atoms with E-state index in [4.69, 9.17) is 23.2 Å². The highest BCUT2D eigenvalue weighted by Crippen LogP contribution is 2.31. The van der Waals surface area contributed by atoms with Crippen molar-refractivity contribution >= 4 is 35.0 Å². The molecule has 7 heteroatoms. The van der Waals surface area contributed by atoms with Crippen LogP contribution in [-0.4, -0.2) is 41.0 Å². The number of rotatable bonds is 3. The number of aromatic hydroxyl groups is 1. The average molecular weight is 345 g/mol. The lowest BCUT2D eigenvalue weighted by atomic mass is 10.0. The molecule has 0 bridgehead atoms. The van der Waals surface area contributed by atoms with E-state index >= 15 is 0 Å². The number of phenolic OH excluding ortho intramolecular Hbond substituents is 1. The summed E-state index contributed by atoms with van der Waals surface area (Å²) in [7, 11) is 0. The van der Waals surface area contributed by atoms with E-state index in [1.165, 1.54) is 12.1 Å². The summed E-state index contributed by atoms with van der Waals surface area (Å²) in [5, 5.41) is 13.0. The van der Waals surface area contributed by atoms with Gasteiger partial charge in [-0.25, -0.2) is 0 Å². The quantitative estimate of drug-likeness (QED) is 0.885. The molecule has 0 atom stereocenters. The Hall–Kier alpha value is -1.46. The number of nitrogens with one attached hydrogen (secondary N) is 1. The first-order valence-corrected chi connectivity index (χ1v) is 7.94. The van der Waals surface area contributed by atoms with Crippen molar-refractivity contribution in [2.45, 2.75) is 32.2 Å². The van der Waals surface area contributed by atoms with Gasteiger partial charge in [-0.1, -0.05) is 30.1 Å². The number of carbonyl (C=O) groups excluding carboxylic acids is 2. The van der Waals surface area contributed by atoms with Gasteiger partial charge in [0.2, 0.25) is 5.91 Å². The van der Waals surface area contributed by atoms with Crippen molar-refractivity contribution in [2.24, 2.45) is 0 Å². The monoisotopic (exact) mass is 344 g/mol. The minimum atomic E-state index is -0.415. The Morgan fingerprint density at radius 2 is 1.95 bits per heavy atom. The maximum absolute atomic E-state index is 12.2. The van der Waals surface area contributed by atoms with Crippen LogP contribution in [0.2, 0.25) is 10.0 Å². The predicted octanol–water partition coefficient (Wildman–Crippen LogP) is 2.83. The summed E-state index contributed by atoms with van der Waals surface area (Å²) in [6.07, 6.45) is 1.87. The molecule has 1 aromatic carbocycles. The first-order chi connectivity index (χ1) is 10.4. The number of piperidine rings is 1. The normalized spacial score (nSPS) is 15.7. The molecule has 1 heterocycles. The number of phenols is 1. The number of halogens is 2. The number of hydrogen-bond acceptors (Lipinski definition) is 3. The Morgan fingerprint density at radius 1 is 1.32 bits per heavy atom. The van der Waals surface area contributed by atoms with E-state index in [-0.39, 0.29) is 33.3 Å². The first-order valence-electron chi connectivity index (χ1n) is 7.19. The van der Waals surface area contributed by atoms with Gasteiger partial charge in [-0.05, 0) is 25.0 Å². The molecule has 1 aliphatic rings. The summed E-state index contributed by atoms with van der Waals surface area (Å²) in [4.78, 5) is 25.7. The fraction of sp³-hybridized carbons (Fsp3) is 0.467. The fourth-order valence-corrected chi connectivity index (χ4v) is 2.99. The average Bonchev–Trinajstić information content (AvgIpc) is 2.50. The molecule has 2 rings (SSSR count). The Morgan fingerprint density at radius 3 is 2.55 bits per heavy atom. The number of carbonyl (C=O) groups is 2. The van der Waals surface area contributed by atoms with Crippen molar-refractivity contribution in [3.8, 4) is 5.75 Å². The van der Waals surface area contributed by atoms with Crippen LogP contribution >= 0.6 is 23.2 Å². The van der Waals surface area contributed by atoms with E-state index in [1.54, 1.807) is 4.90 Å². The molecule has 0 aliphatic carbocycles. The molecule has 0 saturated carbocycles. The molecule has 120 valence electrons. The summed E-state index contributed by atoms with van der Waals surface area (Å²) in [6, 6.07) is 2.73. The molecule has 1 aliphatic heterocycles. The van der Waals surface area contributed by atoms with Gasteiger partial charge in [-0.15, -0.1) is 0 Å². The van der Waals surface area contributed by atoms with Crippen molar-refractivity contribution in [2.75, 3.05) is 13.1 Å². The second kappa shape index (κ2) is 7.20. The lowest BCUT2D eigenvalue weighted by Crippen LogP contribution is -2.46. The second-order valence-corrected chi connectivity index (χ2v) is 6.11. The molecule has 2 amide bonds. The standard InChI is InChI=1S/C15H18Cl2N2O3/c1-2-13(20)19-5-3-10(4-6-19)18-15(22)11-7-9(16)8-12(17)14(11)21/h7-8,10,21H,2-6H2,1H3,(H,18,22). The number of nitrogens with zero attached hydrogens (tertiary/aromatic N) is 1. The van der Waals surface area contributed by atoms with Crippen LogP contribution in [0.1, 0.15) is 36.5 Å². The highest BCUT2D eigenvalue weighted by molar-refractivity contribution is 6.36. The third-order valence-corrected chi connectivity index (χ3v) is 4.26. The maximum atomic E-state index is 12.2. The van der Waals surface area contributed by atoms with Crippen LogP contribution in [0.25, 0.3) is 0 Å². The molecule has 0 radical (unpaired) electrons. The van der Waals surface area contributed by atoms with Gasteiger partial charge in [0, 0.05) is 30.6 Å². The summed E-state index contributed by atoms with van der Waals surface area (Å²) in [6.45, 7) is 3.08. The second-order valence-electron chi connectivity index (χ2n) is 5.27. The van der Waals surface area contributed by atoms with Crippen molar-refractivity contribution < 1.29 is 14.7 Å². The molecule has 1 saturated heterocycles. The highest BCUT2D eigenvalue weighted by atomic mass is 35.5. The number of hydrogen-bond donors (Lipinski definition) is 2. The van der Waals surface area contributed by atoms with Crippen LogP contribution in [0.15, 0.2) is 12.1 Å². The van der Waals surface area contributed by atoms with Crippen LogP contribution < -0.4 is 5.32 Å². The van der Waals surface area contributed by atoms with E-state index in [0.717, 1.165) is 0 Å². The van der Waals surface area contributed by atoms with Gasteiger partial charge in [0.25, 0.3) is 5.91 Å². The first kappa shape index (κ1) is 16.9. The van der Waals surface area contributed by atoms with E-state index in [9.17, 15) is 14.7 Å². The Bertz CT molecular complexity index is 584. The lowest BCUT2D eigenvalue weighted by molar-refractivity contribution is -0.131. The zero-order chi connectivity index (χ0) is 16.3. The Labute approximate surface area is 139 Å². The van der Waals surface area contributed by atoms with Crippen LogP contribution in [0.3, 0.4) is 0 Å². The minimum absolute atomic E-state index is 0.0365. The number of likely N-dealkylation sites (tertiary alicyclic amines) is 1. The fourth-order valence-electron chi connectivity index (χ4n) is 2.50. The molecule has 1 aromatic rings. The molecule has 5 nitrogen and oxygen atoms in total. The van der Waals surface area contributed by atoms with E-state index in [0.29, 0.717) is 32.4 Å². The molecule has 1 fully saturated rings. The largest absolute Gasteiger partial charge is 0.506 e. The zero-order valence-electron chi connectivity index (χ0n) is 12.2. The smallest absolute Gasteiger partial charge is 0.255 e. The van der Waals surface area contributed by atoms with Gasteiger partial charge in [-0.2, -0.15) is 0 Å². The molecular weight excluding hydrogens is 327 g/mol. The van der Waals surface area contributed by atoms with Crippen LogP contribution in [0.5, 0.6) is 5.75 Å². The molecule has 0 unspecified atom stereocenters. The SMILES string of the molecule is CCC(=O)N1CCC(NC(=O)c2cc(Cl)cc(Cl)c2O)CC1. The van der Waals surface area contributed by atoms with E-state index < -0.39 is 5.91 Å². The van der Waals surface area contributed by atoms with Gasteiger partial charge in [-0.3, -0.25) is 9.59 Å². The van der Waals surface area contributed by atoms with Crippen molar-refractivity contribution in [1.82, 2.24) is 10.2 Å². The third-order valence-electron chi connectivity index (χ3n) is 3.76. The molecule has 22 heavy (non-hydrogen) atoms. The van der Waals surface area contributed by atoms with Crippen molar-refractivity contribution in [3.05, 3.63) is 27.7 Å². The predicted molar refractivity (Wildman–Crippen MR) is 85.5 cm³/mol. The summed E-state index contributed by atoms with van der Waals surface area (Å²) in [5.41, 5.74) is 0.0598. The molecule has 0 spiro atoms. The molecule has 0 aromatic heterocycles. The highest BCUT2D eigenvalue weighted by Gasteiger charge is 2.24. The number of amides is 2. The third kappa shape index (κ3) is 3.84. The van der Waals surface area contributed by atoms with Crippen LogP contribution in [0.4, 0.5) is 0 Å². The Balaban J connectivity index is 1.98. The molecular formula is C15H18Cl2N2O3. The van der Waals surface area contributed by atoms with E-state index in [1.807, 2.05) is 6.92 Å². The summed E-state index contributed by atoms with van der Waals surface area (Å²) < 4.78 is 0.